The summed E-state index contributed by atoms with van der Waals surface area (Å²) in [5, 5.41) is 1.22. The van der Waals surface area contributed by atoms with Gasteiger partial charge in [0.05, 0.1) is 0 Å². The number of ketones is 1. The molecule has 0 saturated carbocycles. The van der Waals surface area contributed by atoms with Crippen molar-refractivity contribution in [1.82, 2.24) is 4.98 Å². The Kier molecular flexibility index (Phi) is 4.32. The number of aromatic nitrogens is 1. The summed E-state index contributed by atoms with van der Waals surface area (Å²) in [5.41, 5.74) is 7.50. The number of nitrogens with one attached hydrogen (secondary N) is 1. The van der Waals surface area contributed by atoms with Crippen LogP contribution in [0.1, 0.15) is 33.5 Å². The number of Topliss-reactive ketones (excluding diaryl/α,β-unsaturated/α-hetero) is 1. The molecule has 0 amide bonds. The van der Waals surface area contributed by atoms with E-state index in [1.807, 2.05) is 24.3 Å². The maximum atomic E-state index is 13.2. The van der Waals surface area contributed by atoms with Gasteiger partial charge in [0, 0.05) is 34.0 Å². The van der Waals surface area contributed by atoms with Gasteiger partial charge in [-0.25, -0.2) is 0 Å². The molecule has 0 fully saturated rings. The fourth-order valence-electron chi connectivity index (χ4n) is 5.42. The van der Waals surface area contributed by atoms with E-state index in [1.165, 1.54) is 22.1 Å². The number of fused-ring (bicyclic) bond motifs is 2. The average molecular weight is 414 g/mol. The molecule has 1 N–H and O–H groups in total. The number of aromatic amines is 1. The van der Waals surface area contributed by atoms with Crippen molar-refractivity contribution in [3.8, 4) is 11.3 Å². The van der Waals surface area contributed by atoms with Gasteiger partial charge in [-0.05, 0) is 34.7 Å². The van der Waals surface area contributed by atoms with E-state index in [-0.39, 0.29) is 11.2 Å². The first kappa shape index (κ1) is 18.8. The van der Waals surface area contributed by atoms with E-state index < -0.39 is 0 Å². The molecule has 0 bridgehead atoms. The molecule has 2 heteroatoms. The van der Waals surface area contributed by atoms with Gasteiger partial charge in [0.2, 0.25) is 0 Å². The van der Waals surface area contributed by atoms with Gasteiger partial charge in [-0.2, -0.15) is 0 Å². The van der Waals surface area contributed by atoms with E-state index in [1.54, 1.807) is 0 Å². The van der Waals surface area contributed by atoms with Crippen LogP contribution < -0.4 is 0 Å². The largest absolute Gasteiger partial charge is 0.354 e. The minimum Gasteiger partial charge on any atom is -0.354 e. The number of H-pyrrole nitrogens is 1. The predicted octanol–water partition coefficient (Wildman–Crippen LogP) is 6.95. The van der Waals surface area contributed by atoms with Gasteiger partial charge in [0.1, 0.15) is 0 Å². The number of rotatable bonds is 4. The zero-order valence-electron chi connectivity index (χ0n) is 17.7. The van der Waals surface area contributed by atoms with Crippen molar-refractivity contribution >= 4 is 16.7 Å². The Bertz CT molecular complexity index is 1430. The quantitative estimate of drug-likeness (QED) is 0.340. The first-order valence-electron chi connectivity index (χ1n) is 11.1. The fourth-order valence-corrected chi connectivity index (χ4v) is 5.42. The third-order valence-corrected chi connectivity index (χ3v) is 6.89. The second-order valence-electron chi connectivity index (χ2n) is 8.66. The number of hydrogen-bond acceptors (Lipinski definition) is 1. The summed E-state index contributed by atoms with van der Waals surface area (Å²) in [6.07, 6.45) is 1.25. The molecule has 0 saturated heterocycles. The van der Waals surface area contributed by atoms with Crippen LogP contribution in [0, 0.1) is 0 Å². The lowest BCUT2D eigenvalue weighted by atomic mass is 9.70. The van der Waals surface area contributed by atoms with Gasteiger partial charge in [-0.1, -0.05) is 103 Å². The summed E-state index contributed by atoms with van der Waals surface area (Å²) in [6, 6.07) is 37.7. The lowest BCUT2D eigenvalue weighted by Gasteiger charge is -2.31. The third kappa shape index (κ3) is 2.84. The normalized spacial score (nSPS) is 17.6. The molecule has 6 rings (SSSR count). The minimum atomic E-state index is -0.385. The van der Waals surface area contributed by atoms with Crippen molar-refractivity contribution in [2.45, 2.75) is 18.3 Å². The lowest BCUT2D eigenvalue weighted by molar-refractivity contribution is 0.0979. The van der Waals surface area contributed by atoms with Crippen molar-refractivity contribution in [3.05, 3.63) is 131 Å². The smallest absolute Gasteiger partial charge is 0.164 e. The SMILES string of the molecule is O=C1C[C@@](Cc2c(-c3ccccc3)[nH]c3ccccc23)(c2ccccc2)c2ccccc21. The molecule has 5 aromatic rings. The van der Waals surface area contributed by atoms with E-state index in [2.05, 4.69) is 89.9 Å². The van der Waals surface area contributed by atoms with Crippen molar-refractivity contribution < 1.29 is 4.79 Å². The van der Waals surface area contributed by atoms with Crippen LogP contribution in [0.25, 0.3) is 22.2 Å². The molecule has 4 aromatic carbocycles. The van der Waals surface area contributed by atoms with Crippen molar-refractivity contribution in [1.29, 1.82) is 0 Å². The summed E-state index contributed by atoms with van der Waals surface area (Å²) in [5.74, 6) is 0.227. The highest BCUT2D eigenvalue weighted by atomic mass is 16.1. The van der Waals surface area contributed by atoms with Gasteiger partial charge in [-0.3, -0.25) is 4.79 Å². The van der Waals surface area contributed by atoms with Gasteiger partial charge < -0.3 is 4.98 Å². The molecular formula is C30H23NO. The Morgan fingerprint density at radius 3 is 2.19 bits per heavy atom. The Labute approximate surface area is 187 Å². The van der Waals surface area contributed by atoms with E-state index in [0.29, 0.717) is 6.42 Å². The monoisotopic (exact) mass is 413 g/mol. The second kappa shape index (κ2) is 7.35. The molecule has 0 spiro atoms. The van der Waals surface area contributed by atoms with Crippen LogP contribution in [-0.4, -0.2) is 10.8 Å². The van der Waals surface area contributed by atoms with E-state index >= 15 is 0 Å². The molecule has 1 atom stereocenters. The molecular weight excluding hydrogens is 390 g/mol. The zero-order valence-corrected chi connectivity index (χ0v) is 17.7. The number of hydrogen-bond donors (Lipinski definition) is 1. The van der Waals surface area contributed by atoms with E-state index in [0.717, 1.165) is 28.8 Å². The molecule has 1 aliphatic carbocycles. The highest BCUT2D eigenvalue weighted by Crippen LogP contribution is 2.48. The zero-order chi connectivity index (χ0) is 21.5. The number of para-hydroxylation sites is 1. The van der Waals surface area contributed by atoms with Crippen LogP contribution in [-0.2, 0) is 11.8 Å². The topological polar surface area (TPSA) is 32.9 Å². The highest BCUT2D eigenvalue weighted by molar-refractivity contribution is 6.03. The molecule has 0 unspecified atom stereocenters. The first-order chi connectivity index (χ1) is 15.8. The van der Waals surface area contributed by atoms with Crippen LogP contribution in [0.3, 0.4) is 0 Å². The van der Waals surface area contributed by atoms with E-state index in [4.69, 9.17) is 0 Å². The third-order valence-electron chi connectivity index (χ3n) is 6.89. The summed E-state index contributed by atoms with van der Waals surface area (Å²) in [4.78, 5) is 16.9. The molecule has 0 aliphatic heterocycles. The van der Waals surface area contributed by atoms with Crippen molar-refractivity contribution in [2.24, 2.45) is 0 Å². The fraction of sp³-hybridized carbons (Fsp3) is 0.100. The van der Waals surface area contributed by atoms with Gasteiger partial charge in [0.25, 0.3) is 0 Å². The van der Waals surface area contributed by atoms with Gasteiger partial charge in [-0.15, -0.1) is 0 Å². The Morgan fingerprint density at radius 1 is 0.719 bits per heavy atom. The molecule has 154 valence electrons. The second-order valence-corrected chi connectivity index (χ2v) is 8.66. The molecule has 2 nitrogen and oxygen atoms in total. The maximum absolute atomic E-state index is 13.2. The lowest BCUT2D eigenvalue weighted by Crippen LogP contribution is -2.28. The molecule has 1 aliphatic rings. The Morgan fingerprint density at radius 2 is 1.38 bits per heavy atom. The standard InChI is InChI=1S/C30H23NO/c32-28-20-30(22-13-5-2-6-14-22,26-17-9-7-16-24(26)28)19-25-23-15-8-10-18-27(23)31-29(25)21-11-3-1-4-12-21/h1-18,31H,19-20H2/t30-/m0/s1. The first-order valence-corrected chi connectivity index (χ1v) is 11.1. The summed E-state index contributed by atoms with van der Waals surface area (Å²) in [7, 11) is 0. The van der Waals surface area contributed by atoms with Gasteiger partial charge >= 0.3 is 0 Å². The summed E-state index contributed by atoms with van der Waals surface area (Å²) >= 11 is 0. The molecule has 1 heterocycles. The van der Waals surface area contributed by atoms with Crippen LogP contribution in [0.5, 0.6) is 0 Å². The minimum absolute atomic E-state index is 0.227. The predicted molar refractivity (Wildman–Crippen MR) is 130 cm³/mol. The number of carbonyl (C=O) groups excluding carboxylic acids is 1. The number of carbonyl (C=O) groups is 1. The van der Waals surface area contributed by atoms with Crippen LogP contribution in [0.15, 0.2) is 109 Å². The molecule has 0 radical (unpaired) electrons. The number of benzene rings is 4. The Balaban J connectivity index is 1.62. The molecule has 1 aromatic heterocycles. The van der Waals surface area contributed by atoms with Gasteiger partial charge in [0.15, 0.2) is 5.78 Å². The van der Waals surface area contributed by atoms with Crippen molar-refractivity contribution in [2.75, 3.05) is 0 Å². The van der Waals surface area contributed by atoms with Crippen LogP contribution in [0.2, 0.25) is 0 Å². The highest BCUT2D eigenvalue weighted by Gasteiger charge is 2.45. The van der Waals surface area contributed by atoms with Crippen LogP contribution >= 0.6 is 0 Å². The summed E-state index contributed by atoms with van der Waals surface area (Å²) < 4.78 is 0. The van der Waals surface area contributed by atoms with Crippen LogP contribution in [0.4, 0.5) is 0 Å². The molecule has 32 heavy (non-hydrogen) atoms. The van der Waals surface area contributed by atoms with E-state index in [9.17, 15) is 4.79 Å². The summed E-state index contributed by atoms with van der Waals surface area (Å²) in [6.45, 7) is 0. The Hall–Kier alpha value is -3.91. The van der Waals surface area contributed by atoms with Crippen molar-refractivity contribution in [3.63, 3.8) is 0 Å². The average Bonchev–Trinajstić information content (AvgIpc) is 3.37. The maximum Gasteiger partial charge on any atom is 0.164 e.